The van der Waals surface area contributed by atoms with Gasteiger partial charge < -0.3 is 14.7 Å². The molecular formula is C80H88BN3S. The highest BCUT2D eigenvalue weighted by atomic mass is 32.1. The fourth-order valence-corrected chi connectivity index (χ4v) is 18.1. The number of thiophene rings is 1. The van der Waals surface area contributed by atoms with Gasteiger partial charge >= 0.3 is 0 Å². The molecule has 6 aliphatic rings. The standard InChI is InChI=1S/C80H88BN3S/c1-73(2)32-34-75(5,6)59-41-53(28-30-57(59)73)83-66-47-63-62(78(11,12)37-38-79(63,13)14)46-65(66)81-70-67(83)43-55(82(51-24-18-17-19-25-51)52-27-26-49-22-20-21-23-50(49)40-52)44-68(70)84(54-29-31-58-60(42-54)76(7,8)35-33-74(58,3)4)71-56-45-61-64(48-69(56)85-72(71)81)80(15,16)39-36-77(61,9)10/h17-31,40-48H,32-39H2,1-16H3/i17D,18D,19D,24D,25D. The molecule has 1 aromatic heterocycles. The van der Waals surface area contributed by atoms with Crippen LogP contribution in [0.25, 0.3) is 20.9 Å². The van der Waals surface area contributed by atoms with Crippen molar-refractivity contribution in [3.8, 4) is 0 Å². The average molecular weight is 1140 g/mol. The molecule has 4 aliphatic carbocycles. The van der Waals surface area contributed by atoms with E-state index in [2.05, 4.69) is 224 Å². The summed E-state index contributed by atoms with van der Waals surface area (Å²) in [7, 11) is 0. The molecule has 432 valence electrons. The lowest BCUT2D eigenvalue weighted by Crippen LogP contribution is -2.61. The second kappa shape index (κ2) is 18.0. The third-order valence-electron chi connectivity index (χ3n) is 22.7. The van der Waals surface area contributed by atoms with Crippen molar-refractivity contribution >= 4 is 106 Å². The molecule has 5 heteroatoms. The molecule has 9 aromatic rings. The molecule has 0 saturated carbocycles. The molecule has 0 amide bonds. The second-order valence-corrected chi connectivity index (χ2v) is 33.1. The molecule has 0 atom stereocenters. The summed E-state index contributed by atoms with van der Waals surface area (Å²) in [5.74, 6) is 0. The molecular weight excluding hydrogens is 1050 g/mol. The Morgan fingerprint density at radius 2 is 0.859 bits per heavy atom. The summed E-state index contributed by atoms with van der Waals surface area (Å²) < 4.78 is 50.2. The predicted octanol–water partition coefficient (Wildman–Crippen LogP) is 21.0. The lowest BCUT2D eigenvalue weighted by Gasteiger charge is -2.48. The van der Waals surface area contributed by atoms with Crippen LogP contribution in [-0.2, 0) is 43.3 Å². The van der Waals surface area contributed by atoms with E-state index in [1.807, 2.05) is 28.4 Å². The minimum absolute atomic E-state index is 0.00515. The zero-order valence-corrected chi connectivity index (χ0v) is 54.3. The van der Waals surface area contributed by atoms with E-state index in [9.17, 15) is 5.48 Å². The maximum Gasteiger partial charge on any atom is 0.264 e. The van der Waals surface area contributed by atoms with Gasteiger partial charge in [-0.15, -0.1) is 11.3 Å². The quantitative estimate of drug-likeness (QED) is 0.159. The van der Waals surface area contributed by atoms with Gasteiger partial charge in [-0.2, -0.15) is 0 Å². The summed E-state index contributed by atoms with van der Waals surface area (Å²) in [6.45, 7) is 38.8. The molecule has 0 unspecified atom stereocenters. The van der Waals surface area contributed by atoms with E-state index in [1.54, 1.807) is 0 Å². The molecule has 0 saturated heterocycles. The molecule has 3 nitrogen and oxygen atoms in total. The van der Waals surface area contributed by atoms with Gasteiger partial charge in [-0.1, -0.05) is 177 Å². The zero-order chi connectivity index (χ0) is 63.9. The van der Waals surface area contributed by atoms with Crippen LogP contribution in [0, 0.1) is 0 Å². The highest BCUT2D eigenvalue weighted by Gasteiger charge is 2.50. The number of hydrogen-bond acceptors (Lipinski definition) is 4. The number of fused-ring (bicyclic) bond motifs is 11. The maximum absolute atomic E-state index is 9.95. The fourth-order valence-electron chi connectivity index (χ4n) is 16.8. The fraction of sp³-hybridized carbons (Fsp3) is 0.400. The molecule has 0 bridgehead atoms. The summed E-state index contributed by atoms with van der Waals surface area (Å²) >= 11 is 1.99. The first kappa shape index (κ1) is 49.5. The zero-order valence-electron chi connectivity index (χ0n) is 58.5. The van der Waals surface area contributed by atoms with Crippen molar-refractivity contribution in [1.29, 1.82) is 0 Å². The molecule has 15 rings (SSSR count). The van der Waals surface area contributed by atoms with Gasteiger partial charge in [0.25, 0.3) is 6.71 Å². The summed E-state index contributed by atoms with van der Waals surface area (Å²) in [5.41, 5.74) is 21.5. The van der Waals surface area contributed by atoms with Gasteiger partial charge in [-0.05, 0) is 240 Å². The van der Waals surface area contributed by atoms with Crippen LogP contribution < -0.4 is 30.4 Å². The van der Waals surface area contributed by atoms with E-state index in [-0.39, 0.29) is 79.9 Å². The van der Waals surface area contributed by atoms with Crippen LogP contribution in [0.5, 0.6) is 0 Å². The molecule has 2 aliphatic heterocycles. The van der Waals surface area contributed by atoms with Crippen LogP contribution in [0.1, 0.15) is 214 Å². The summed E-state index contributed by atoms with van der Waals surface area (Å²) in [6.07, 6.45) is 8.75. The number of rotatable bonds is 5. The first-order valence-corrected chi connectivity index (χ1v) is 32.7. The summed E-state index contributed by atoms with van der Waals surface area (Å²) in [5, 5.41) is 3.30. The van der Waals surface area contributed by atoms with E-state index in [0.29, 0.717) is 11.4 Å². The number of anilines is 9. The van der Waals surface area contributed by atoms with Gasteiger partial charge in [-0.25, -0.2) is 0 Å². The Balaban J connectivity index is 1.15. The van der Waals surface area contributed by atoms with Crippen LogP contribution in [0.3, 0.4) is 0 Å². The first-order chi connectivity index (χ1) is 42.1. The molecule has 8 aromatic carbocycles. The van der Waals surface area contributed by atoms with Crippen LogP contribution in [0.4, 0.5) is 51.2 Å². The molecule has 0 N–H and O–H groups in total. The highest BCUT2D eigenvalue weighted by Crippen LogP contribution is 2.58. The van der Waals surface area contributed by atoms with Crippen molar-refractivity contribution in [2.45, 2.75) is 205 Å². The Labute approximate surface area is 520 Å². The summed E-state index contributed by atoms with van der Waals surface area (Å²) in [4.78, 5) is 7.22. The molecule has 0 spiro atoms. The van der Waals surface area contributed by atoms with Crippen molar-refractivity contribution in [2.24, 2.45) is 0 Å². The number of para-hydroxylation sites is 1. The molecule has 85 heavy (non-hydrogen) atoms. The monoisotopic (exact) mass is 1140 g/mol. The summed E-state index contributed by atoms with van der Waals surface area (Å²) in [6, 6.07) is 42.8. The van der Waals surface area contributed by atoms with Crippen LogP contribution in [-0.4, -0.2) is 6.71 Å². The lowest BCUT2D eigenvalue weighted by molar-refractivity contribution is 0.332. The smallest absolute Gasteiger partial charge is 0.264 e. The van der Waals surface area contributed by atoms with Gasteiger partial charge in [0.2, 0.25) is 0 Å². The van der Waals surface area contributed by atoms with E-state index in [4.69, 9.17) is 1.37 Å². The minimum atomic E-state index is -0.415. The van der Waals surface area contributed by atoms with Crippen molar-refractivity contribution < 1.29 is 6.85 Å². The SMILES string of the molecule is [2H]c1c([2H])c([2H])c(N(c2cc3c4c(c2)N(c2ccc5c(c2)C(C)(C)CCC5(C)C)c2c(sc5cc6c(cc25)C(C)(C)CCC6(C)C)B4c2cc4c(cc2N3c2ccc3c(c2)C(C)(C)CCC3(C)C)C(C)(C)CCC4(C)C)c2ccc3ccccc3c2)c([2H])c1[2H]. The van der Waals surface area contributed by atoms with Crippen LogP contribution in [0.2, 0.25) is 0 Å². The van der Waals surface area contributed by atoms with Gasteiger partial charge in [-0.3, -0.25) is 0 Å². The second-order valence-electron chi connectivity index (χ2n) is 32.0. The molecule has 0 fully saturated rings. The highest BCUT2D eigenvalue weighted by molar-refractivity contribution is 7.33. The van der Waals surface area contributed by atoms with E-state index >= 15 is 0 Å². The Morgan fingerprint density at radius 1 is 0.400 bits per heavy atom. The predicted molar refractivity (Wildman–Crippen MR) is 369 cm³/mol. The first-order valence-electron chi connectivity index (χ1n) is 34.4. The van der Waals surface area contributed by atoms with Crippen LogP contribution >= 0.6 is 11.3 Å². The van der Waals surface area contributed by atoms with E-state index < -0.39 is 6.04 Å². The van der Waals surface area contributed by atoms with Gasteiger partial charge in [0.05, 0.1) is 18.2 Å². The number of nitrogens with zero attached hydrogens (tertiary/aromatic N) is 3. The average Bonchev–Trinajstić information content (AvgIpc) is 1.20. The van der Waals surface area contributed by atoms with Crippen molar-refractivity contribution in [3.05, 3.63) is 190 Å². The largest absolute Gasteiger partial charge is 0.311 e. The molecule has 0 radical (unpaired) electrons. The van der Waals surface area contributed by atoms with Gasteiger partial charge in [0.1, 0.15) is 0 Å². The Kier molecular flexibility index (Phi) is 10.5. The maximum atomic E-state index is 9.95. The Morgan fingerprint density at radius 3 is 1.41 bits per heavy atom. The van der Waals surface area contributed by atoms with Crippen molar-refractivity contribution in [1.82, 2.24) is 0 Å². The topological polar surface area (TPSA) is 9.72 Å². The number of benzene rings is 8. The van der Waals surface area contributed by atoms with Crippen molar-refractivity contribution in [3.63, 3.8) is 0 Å². The third-order valence-corrected chi connectivity index (χ3v) is 23.9. The normalized spacial score (nSPS) is 21.6. The minimum Gasteiger partial charge on any atom is -0.311 e. The number of hydrogen-bond donors (Lipinski definition) is 0. The van der Waals surface area contributed by atoms with Gasteiger partial charge in [0.15, 0.2) is 0 Å². The van der Waals surface area contributed by atoms with Crippen LogP contribution in [0.15, 0.2) is 145 Å². The van der Waals surface area contributed by atoms with E-state index in [1.165, 1.54) is 81.7 Å². The van der Waals surface area contributed by atoms with E-state index in [0.717, 1.165) is 84.9 Å². The van der Waals surface area contributed by atoms with Crippen molar-refractivity contribution in [2.75, 3.05) is 14.7 Å². The molecule has 3 heterocycles. The lowest BCUT2D eigenvalue weighted by atomic mass is 9.35. The van der Waals surface area contributed by atoms with Gasteiger partial charge in [0, 0.05) is 54.7 Å². The Hall–Kier alpha value is -6.56. The Bertz CT molecular complexity index is 4590. The third kappa shape index (κ3) is 8.23.